The number of aryl methyl sites for hydroxylation is 2. The Morgan fingerprint density at radius 2 is 1.74 bits per heavy atom. The Morgan fingerprint density at radius 1 is 0.974 bits per heavy atom. The molecule has 0 N–H and O–H groups in total. The average Bonchev–Trinajstić information content (AvgIpc) is 3.68. The van der Waals surface area contributed by atoms with Gasteiger partial charge >= 0.3 is 0 Å². The van der Waals surface area contributed by atoms with Gasteiger partial charge < -0.3 is 9.42 Å². The van der Waals surface area contributed by atoms with Gasteiger partial charge in [0.15, 0.2) is 0 Å². The number of halogens is 1. The van der Waals surface area contributed by atoms with Gasteiger partial charge in [0.2, 0.25) is 0 Å². The Morgan fingerprint density at radius 3 is 2.45 bits per heavy atom. The minimum absolute atomic E-state index is 0.223. The van der Waals surface area contributed by atoms with E-state index in [1.54, 1.807) is 6.07 Å². The van der Waals surface area contributed by atoms with Crippen LogP contribution in [0.2, 0.25) is 0 Å². The fourth-order valence-electron chi connectivity index (χ4n) is 6.19. The molecule has 1 aliphatic heterocycles. The van der Waals surface area contributed by atoms with Gasteiger partial charge in [0.25, 0.3) is 0 Å². The Bertz CT molecular complexity index is 1500. The van der Waals surface area contributed by atoms with Crippen LogP contribution in [0.1, 0.15) is 74.5 Å². The molecule has 0 bridgehead atoms. The third kappa shape index (κ3) is 4.32. The summed E-state index contributed by atoms with van der Waals surface area (Å²) in [4.78, 5) is 6.97. The van der Waals surface area contributed by atoms with Crippen LogP contribution < -0.4 is 4.90 Å². The minimum atomic E-state index is -0.226. The van der Waals surface area contributed by atoms with Crippen LogP contribution in [0.3, 0.4) is 0 Å². The largest absolute Gasteiger partial charge is 0.371 e. The van der Waals surface area contributed by atoms with Crippen molar-refractivity contribution < 1.29 is 8.91 Å². The Balaban J connectivity index is 0.00000129. The van der Waals surface area contributed by atoms with Crippen LogP contribution in [0.25, 0.3) is 27.6 Å². The summed E-state index contributed by atoms with van der Waals surface area (Å²) in [5, 5.41) is 6.86. The molecule has 0 amide bonds. The molecule has 7 rings (SSSR count). The SMILES string of the molecule is CC.Cc1cc2ccc(N3CCC4(C=C(c5c(-c6c(C)cccc6F)noc5C5CC5)C4)CC3)cc2cn1. The number of benzene rings is 2. The molecule has 2 aromatic carbocycles. The maximum atomic E-state index is 14.9. The van der Waals surface area contributed by atoms with Crippen LogP contribution in [0.4, 0.5) is 10.1 Å². The van der Waals surface area contributed by atoms with Gasteiger partial charge in [0, 0.05) is 53.1 Å². The van der Waals surface area contributed by atoms with E-state index in [9.17, 15) is 4.39 Å². The standard InChI is InChI=1S/C31H30FN3O.C2H6/c1-19-4-3-5-26(32)27(19)29-28(30(36-34-29)21-6-7-21)24-16-31(17-24)10-12-35(13-11-31)25-9-8-22-14-20(2)33-18-23(22)15-25;1-2/h3-5,8-9,14-16,18,21H,6-7,10-13,17H2,1-2H3;1-2H3. The second kappa shape index (κ2) is 9.68. The van der Waals surface area contributed by atoms with E-state index in [1.165, 1.54) is 28.1 Å². The minimum Gasteiger partial charge on any atom is -0.371 e. The zero-order valence-corrected chi connectivity index (χ0v) is 22.9. The highest BCUT2D eigenvalue weighted by Crippen LogP contribution is 2.56. The van der Waals surface area contributed by atoms with E-state index >= 15 is 0 Å². The van der Waals surface area contributed by atoms with Crippen molar-refractivity contribution in [2.75, 3.05) is 18.0 Å². The molecule has 3 heterocycles. The van der Waals surface area contributed by atoms with Crippen LogP contribution >= 0.6 is 0 Å². The van der Waals surface area contributed by atoms with E-state index in [1.807, 2.05) is 40.0 Å². The van der Waals surface area contributed by atoms with Crippen LogP contribution in [0, 0.1) is 25.1 Å². The smallest absolute Gasteiger partial charge is 0.147 e. The first-order valence-corrected chi connectivity index (χ1v) is 14.1. The summed E-state index contributed by atoms with van der Waals surface area (Å²) in [7, 11) is 0. The van der Waals surface area contributed by atoms with Gasteiger partial charge in [-0.2, -0.15) is 0 Å². The number of nitrogens with zero attached hydrogens (tertiary/aromatic N) is 3. The zero-order valence-electron chi connectivity index (χ0n) is 22.9. The molecule has 4 nitrogen and oxygen atoms in total. The Labute approximate surface area is 224 Å². The van der Waals surface area contributed by atoms with Crippen LogP contribution in [-0.4, -0.2) is 23.2 Å². The first-order valence-electron chi connectivity index (χ1n) is 14.1. The lowest BCUT2D eigenvalue weighted by Gasteiger charge is -2.47. The third-order valence-corrected chi connectivity index (χ3v) is 8.44. The molecule has 5 heteroatoms. The molecular formula is C33H36FN3O. The molecule has 1 saturated carbocycles. The highest BCUT2D eigenvalue weighted by Gasteiger charge is 2.44. The molecule has 1 spiro atoms. The van der Waals surface area contributed by atoms with Gasteiger partial charge in [-0.15, -0.1) is 0 Å². The summed E-state index contributed by atoms with van der Waals surface area (Å²) >= 11 is 0. The number of anilines is 1. The number of allylic oxidation sites excluding steroid dienone is 2. The molecular weight excluding hydrogens is 473 g/mol. The van der Waals surface area contributed by atoms with Crippen molar-refractivity contribution in [3.8, 4) is 11.3 Å². The third-order valence-electron chi connectivity index (χ3n) is 8.44. The molecule has 4 aromatic rings. The number of pyridine rings is 1. The predicted molar refractivity (Wildman–Crippen MR) is 153 cm³/mol. The lowest BCUT2D eigenvalue weighted by molar-refractivity contribution is 0.277. The van der Waals surface area contributed by atoms with Gasteiger partial charge in [-0.1, -0.05) is 43.3 Å². The van der Waals surface area contributed by atoms with Crippen molar-refractivity contribution in [3.05, 3.63) is 83.1 Å². The number of fused-ring (bicyclic) bond motifs is 1. The summed E-state index contributed by atoms with van der Waals surface area (Å²) in [5.41, 5.74) is 7.07. The maximum Gasteiger partial charge on any atom is 0.147 e. The van der Waals surface area contributed by atoms with E-state index < -0.39 is 0 Å². The Hall–Kier alpha value is -3.47. The van der Waals surface area contributed by atoms with E-state index in [4.69, 9.17) is 4.52 Å². The number of hydrogen-bond donors (Lipinski definition) is 0. The predicted octanol–water partition coefficient (Wildman–Crippen LogP) is 8.62. The van der Waals surface area contributed by atoms with Crippen molar-refractivity contribution in [3.63, 3.8) is 0 Å². The van der Waals surface area contributed by atoms with Crippen molar-refractivity contribution in [2.45, 2.75) is 65.7 Å². The molecule has 2 aliphatic carbocycles. The highest BCUT2D eigenvalue weighted by molar-refractivity contribution is 5.86. The molecule has 38 heavy (non-hydrogen) atoms. The van der Waals surface area contributed by atoms with Crippen molar-refractivity contribution >= 4 is 22.0 Å². The van der Waals surface area contributed by atoms with Crippen LogP contribution in [0.5, 0.6) is 0 Å². The first-order chi connectivity index (χ1) is 18.5. The normalized spacial score (nSPS) is 18.1. The fraction of sp³-hybridized carbons (Fsp3) is 0.394. The van der Waals surface area contributed by atoms with Crippen molar-refractivity contribution in [1.29, 1.82) is 0 Å². The lowest BCUT2D eigenvalue weighted by Crippen LogP contribution is -2.42. The lowest BCUT2D eigenvalue weighted by atomic mass is 9.63. The van der Waals surface area contributed by atoms with Crippen molar-refractivity contribution in [2.24, 2.45) is 5.41 Å². The number of aromatic nitrogens is 2. The topological polar surface area (TPSA) is 42.2 Å². The molecule has 3 aliphatic rings. The Kier molecular flexibility index (Phi) is 6.33. The number of rotatable bonds is 4. The fourth-order valence-corrected chi connectivity index (χ4v) is 6.19. The van der Waals surface area contributed by atoms with E-state index in [-0.39, 0.29) is 11.2 Å². The maximum absolute atomic E-state index is 14.9. The number of hydrogen-bond acceptors (Lipinski definition) is 4. The molecule has 0 radical (unpaired) electrons. The van der Waals surface area contributed by atoms with Gasteiger partial charge in [0.05, 0.1) is 0 Å². The van der Waals surface area contributed by atoms with Crippen LogP contribution in [0.15, 0.2) is 59.3 Å². The van der Waals surface area contributed by atoms with Gasteiger partial charge in [0.1, 0.15) is 17.3 Å². The summed E-state index contributed by atoms with van der Waals surface area (Å²) < 4.78 is 20.7. The summed E-state index contributed by atoms with van der Waals surface area (Å²) in [6.45, 7) is 10.1. The van der Waals surface area contributed by atoms with E-state index in [0.29, 0.717) is 17.2 Å². The summed E-state index contributed by atoms with van der Waals surface area (Å²) in [6.07, 6.45) is 9.96. The van der Waals surface area contributed by atoms with E-state index in [0.717, 1.165) is 67.8 Å². The van der Waals surface area contributed by atoms with Gasteiger partial charge in [-0.05, 0) is 92.2 Å². The second-order valence-corrected chi connectivity index (χ2v) is 11.0. The van der Waals surface area contributed by atoms with Gasteiger partial charge in [-0.25, -0.2) is 4.39 Å². The zero-order chi connectivity index (χ0) is 26.4. The molecule has 1 saturated heterocycles. The molecule has 196 valence electrons. The molecule has 2 aromatic heterocycles. The van der Waals surface area contributed by atoms with E-state index in [2.05, 4.69) is 45.4 Å². The average molecular weight is 510 g/mol. The second-order valence-electron chi connectivity index (χ2n) is 11.0. The summed E-state index contributed by atoms with van der Waals surface area (Å²) in [5.74, 6) is 1.17. The van der Waals surface area contributed by atoms with Crippen molar-refractivity contribution in [1.82, 2.24) is 10.1 Å². The first kappa shape index (κ1) is 24.8. The molecule has 2 fully saturated rings. The molecule has 0 atom stereocenters. The monoisotopic (exact) mass is 509 g/mol. The highest BCUT2D eigenvalue weighted by atomic mass is 19.1. The molecule has 0 unspecified atom stereocenters. The summed E-state index contributed by atoms with van der Waals surface area (Å²) in [6, 6.07) is 14.1. The van der Waals surface area contributed by atoms with Crippen LogP contribution in [-0.2, 0) is 0 Å². The number of piperidine rings is 1. The quantitative estimate of drug-likeness (QED) is 0.276. The van der Waals surface area contributed by atoms with Gasteiger partial charge in [-0.3, -0.25) is 4.98 Å².